The predicted octanol–water partition coefficient (Wildman–Crippen LogP) is 4.07. The van der Waals surface area contributed by atoms with Gasteiger partial charge >= 0.3 is 0 Å². The van der Waals surface area contributed by atoms with Gasteiger partial charge in [0.05, 0.1) is 10.2 Å². The molecule has 0 saturated heterocycles. The summed E-state index contributed by atoms with van der Waals surface area (Å²) >= 11 is 4.59. The lowest BCUT2D eigenvalue weighted by atomic mass is 10.3. The van der Waals surface area contributed by atoms with Crippen molar-refractivity contribution in [2.45, 2.75) is 0 Å². The summed E-state index contributed by atoms with van der Waals surface area (Å²) in [5, 5.41) is 3.26. The largest absolute Gasteiger partial charge is 0.486 e. The molecule has 122 valence electrons. The number of carbonyl (C=O) groups is 1. The molecule has 4 rings (SSSR count). The molecule has 0 atom stereocenters. The first kappa shape index (κ1) is 15.2. The lowest BCUT2D eigenvalue weighted by molar-refractivity contribution is -0.111. The normalized spacial score (nSPS) is 13.5. The Kier molecular flexibility index (Phi) is 3.99. The number of nitrogens with one attached hydrogen (secondary N) is 1. The quantitative estimate of drug-likeness (QED) is 0.663. The maximum atomic E-state index is 12.0. The molecule has 8 heteroatoms. The minimum absolute atomic E-state index is 0.279. The van der Waals surface area contributed by atoms with Gasteiger partial charge in [-0.15, -0.1) is 0 Å². The van der Waals surface area contributed by atoms with Crippen LogP contribution >= 0.6 is 27.3 Å². The Morgan fingerprint density at radius 1 is 1.25 bits per heavy atom. The topological polar surface area (TPSA) is 73.6 Å². The summed E-state index contributed by atoms with van der Waals surface area (Å²) in [4.78, 5) is 16.4. The number of rotatable bonds is 3. The van der Waals surface area contributed by atoms with Crippen LogP contribution in [-0.2, 0) is 4.79 Å². The first-order valence-corrected chi connectivity index (χ1v) is 8.73. The molecule has 0 bridgehead atoms. The van der Waals surface area contributed by atoms with Crippen molar-refractivity contribution in [2.24, 2.45) is 0 Å². The van der Waals surface area contributed by atoms with E-state index in [1.807, 2.05) is 12.1 Å². The molecule has 1 N–H and O–H groups in total. The number of amides is 1. The van der Waals surface area contributed by atoms with Crippen LogP contribution < -0.4 is 14.8 Å². The Morgan fingerprint density at radius 2 is 2.04 bits per heavy atom. The third-order valence-electron chi connectivity index (χ3n) is 3.28. The fourth-order valence-corrected chi connectivity index (χ4v) is 3.44. The highest BCUT2D eigenvalue weighted by Gasteiger charge is 2.15. The number of nitrogens with zero attached hydrogens (tertiary/aromatic N) is 1. The summed E-state index contributed by atoms with van der Waals surface area (Å²) < 4.78 is 17.9. The molecule has 0 spiro atoms. The van der Waals surface area contributed by atoms with Crippen molar-refractivity contribution < 1.29 is 18.7 Å². The Labute approximate surface area is 149 Å². The van der Waals surface area contributed by atoms with Crippen LogP contribution in [0.4, 0.5) is 5.13 Å². The van der Waals surface area contributed by atoms with E-state index in [9.17, 15) is 4.79 Å². The van der Waals surface area contributed by atoms with Crippen LogP contribution in [0.5, 0.6) is 11.5 Å². The summed E-state index contributed by atoms with van der Waals surface area (Å²) in [5.74, 6) is 1.70. The number of thiazole rings is 1. The highest BCUT2D eigenvalue weighted by atomic mass is 79.9. The van der Waals surface area contributed by atoms with Gasteiger partial charge in [0, 0.05) is 18.2 Å². The number of halogens is 1. The monoisotopic (exact) mass is 406 g/mol. The molecule has 1 amide bonds. The summed E-state index contributed by atoms with van der Waals surface area (Å²) in [6, 6.07) is 7.23. The molecule has 3 heterocycles. The van der Waals surface area contributed by atoms with E-state index >= 15 is 0 Å². The van der Waals surface area contributed by atoms with Gasteiger partial charge in [-0.1, -0.05) is 11.3 Å². The zero-order valence-corrected chi connectivity index (χ0v) is 14.6. The average Bonchev–Trinajstić information content (AvgIpc) is 3.15. The Bertz CT molecular complexity index is 904. The Balaban J connectivity index is 1.51. The lowest BCUT2D eigenvalue weighted by Gasteiger charge is -2.17. The first-order chi connectivity index (χ1) is 11.7. The van der Waals surface area contributed by atoms with Crippen LogP contribution in [-0.4, -0.2) is 24.1 Å². The van der Waals surface area contributed by atoms with Crippen LogP contribution in [0.1, 0.15) is 5.76 Å². The zero-order valence-electron chi connectivity index (χ0n) is 12.2. The second kappa shape index (κ2) is 6.29. The standard InChI is InChI=1S/C16H11BrN2O4S/c17-14-3-1-9(23-14)2-4-15(20)19-16-18-10-7-11-12(8-13(10)24-16)22-6-5-21-11/h1-4,7-8H,5-6H2,(H,18,19,20)/b4-2+. The van der Waals surface area contributed by atoms with Gasteiger partial charge in [0.15, 0.2) is 21.3 Å². The van der Waals surface area contributed by atoms with E-state index < -0.39 is 0 Å². The van der Waals surface area contributed by atoms with Crippen molar-refractivity contribution in [1.29, 1.82) is 0 Å². The molecule has 24 heavy (non-hydrogen) atoms. The number of fused-ring (bicyclic) bond motifs is 2. The number of aromatic nitrogens is 1. The number of hydrogen-bond donors (Lipinski definition) is 1. The SMILES string of the molecule is O=C(/C=C/c1ccc(Br)o1)Nc1nc2cc3c(cc2s1)OCCO3. The summed E-state index contributed by atoms with van der Waals surface area (Å²) in [6.07, 6.45) is 2.99. The highest BCUT2D eigenvalue weighted by Crippen LogP contribution is 2.37. The molecule has 0 unspecified atom stereocenters. The van der Waals surface area contributed by atoms with Gasteiger partial charge in [0.1, 0.15) is 19.0 Å². The number of anilines is 1. The van der Waals surface area contributed by atoms with E-state index in [1.165, 1.54) is 17.4 Å². The molecule has 1 aliphatic heterocycles. The van der Waals surface area contributed by atoms with Gasteiger partial charge < -0.3 is 13.9 Å². The van der Waals surface area contributed by atoms with Gasteiger partial charge in [-0.25, -0.2) is 4.98 Å². The minimum atomic E-state index is -0.279. The van der Waals surface area contributed by atoms with Crippen LogP contribution in [0.3, 0.4) is 0 Å². The van der Waals surface area contributed by atoms with Gasteiger partial charge in [-0.05, 0) is 34.1 Å². The summed E-state index contributed by atoms with van der Waals surface area (Å²) in [6.45, 7) is 1.06. The second-order valence-electron chi connectivity index (χ2n) is 4.95. The van der Waals surface area contributed by atoms with E-state index in [-0.39, 0.29) is 5.91 Å². The fraction of sp³-hybridized carbons (Fsp3) is 0.125. The van der Waals surface area contributed by atoms with Crippen molar-refractivity contribution >= 4 is 54.6 Å². The van der Waals surface area contributed by atoms with Crippen LogP contribution in [0.25, 0.3) is 16.3 Å². The molecule has 6 nitrogen and oxygen atoms in total. The maximum Gasteiger partial charge on any atom is 0.250 e. The van der Waals surface area contributed by atoms with Crippen LogP contribution in [0.15, 0.2) is 39.4 Å². The molecule has 3 aromatic rings. The van der Waals surface area contributed by atoms with E-state index in [4.69, 9.17) is 13.9 Å². The van der Waals surface area contributed by atoms with Crippen molar-refractivity contribution in [1.82, 2.24) is 4.98 Å². The fourth-order valence-electron chi connectivity index (χ4n) is 2.24. The van der Waals surface area contributed by atoms with E-state index in [2.05, 4.69) is 26.2 Å². The Morgan fingerprint density at radius 3 is 2.79 bits per heavy atom. The van der Waals surface area contributed by atoms with Crippen molar-refractivity contribution in [3.63, 3.8) is 0 Å². The third kappa shape index (κ3) is 3.15. The van der Waals surface area contributed by atoms with E-state index in [1.54, 1.807) is 18.2 Å². The predicted molar refractivity (Wildman–Crippen MR) is 94.7 cm³/mol. The van der Waals surface area contributed by atoms with Gasteiger partial charge in [0.25, 0.3) is 0 Å². The molecule has 0 fully saturated rings. The number of carbonyl (C=O) groups excluding carboxylic acids is 1. The molecule has 2 aromatic heterocycles. The van der Waals surface area contributed by atoms with Gasteiger partial charge in [-0.2, -0.15) is 0 Å². The third-order valence-corrected chi connectivity index (χ3v) is 4.64. The molecule has 0 aliphatic carbocycles. The number of furan rings is 1. The van der Waals surface area contributed by atoms with Crippen molar-refractivity contribution in [2.75, 3.05) is 18.5 Å². The number of ether oxygens (including phenoxy) is 2. The summed E-state index contributed by atoms with van der Waals surface area (Å²) in [7, 11) is 0. The Hall–Kier alpha value is -2.32. The van der Waals surface area contributed by atoms with Crippen molar-refractivity contribution in [3.8, 4) is 11.5 Å². The second-order valence-corrected chi connectivity index (χ2v) is 6.76. The molecule has 1 aromatic carbocycles. The van der Waals surface area contributed by atoms with E-state index in [0.717, 1.165) is 10.2 Å². The molecular weight excluding hydrogens is 396 g/mol. The van der Waals surface area contributed by atoms with Gasteiger partial charge in [-0.3, -0.25) is 10.1 Å². The van der Waals surface area contributed by atoms with Crippen molar-refractivity contribution in [3.05, 3.63) is 40.8 Å². The van der Waals surface area contributed by atoms with Crippen LogP contribution in [0, 0.1) is 0 Å². The zero-order chi connectivity index (χ0) is 16.5. The van der Waals surface area contributed by atoms with Gasteiger partial charge in [0.2, 0.25) is 5.91 Å². The minimum Gasteiger partial charge on any atom is -0.486 e. The lowest BCUT2D eigenvalue weighted by Crippen LogP contribution is -2.15. The first-order valence-electron chi connectivity index (χ1n) is 7.12. The maximum absolute atomic E-state index is 12.0. The molecular formula is C16H11BrN2O4S. The van der Waals surface area contributed by atoms with Crippen LogP contribution in [0.2, 0.25) is 0 Å². The number of benzene rings is 1. The summed E-state index contributed by atoms with van der Waals surface area (Å²) in [5.41, 5.74) is 0.762. The number of hydrogen-bond acceptors (Lipinski definition) is 6. The van der Waals surface area contributed by atoms with E-state index in [0.29, 0.717) is 40.3 Å². The smallest absolute Gasteiger partial charge is 0.250 e. The molecule has 1 aliphatic rings. The molecule has 0 radical (unpaired) electrons. The highest BCUT2D eigenvalue weighted by molar-refractivity contribution is 9.10. The molecule has 0 saturated carbocycles. The average molecular weight is 407 g/mol.